The number of carbonyl (C=O) groups excluding carboxylic acids is 4. The van der Waals surface area contributed by atoms with E-state index >= 15 is 0 Å². The van der Waals surface area contributed by atoms with E-state index < -0.39 is 35.3 Å². The number of aromatic amines is 2. The molecule has 4 amide bonds. The summed E-state index contributed by atoms with van der Waals surface area (Å²) >= 11 is 0. The molecule has 3 aliphatic rings. The number of nitrogens with zero attached hydrogens (tertiary/aromatic N) is 4. The Kier molecular flexibility index (Phi) is 11.3. The van der Waals surface area contributed by atoms with Gasteiger partial charge in [-0.05, 0) is 69.9 Å². The Labute approximate surface area is 316 Å². The zero-order valence-corrected chi connectivity index (χ0v) is 32.0. The van der Waals surface area contributed by atoms with Gasteiger partial charge in [0.05, 0.1) is 36.5 Å². The Bertz CT molecular complexity index is 1890. The molecule has 0 bridgehead atoms. The molecule has 0 spiro atoms. The SMILES string of the molecule is COC(=O)NC(C(=O)N1CCCC1c1ncc(C2(c3cnc(CN4CCC[C@@H](NC(=O)OC(C)(C)C)C4=O)[nH]3)C=CC(c3ccccc3)=CC2)[nH]1)C(C)C. The van der Waals surface area contributed by atoms with E-state index in [1.165, 1.54) is 7.11 Å². The molecule has 2 saturated heterocycles. The second-order valence-corrected chi connectivity index (χ2v) is 15.6. The van der Waals surface area contributed by atoms with Crippen LogP contribution in [0.3, 0.4) is 0 Å². The highest BCUT2D eigenvalue weighted by Crippen LogP contribution is 2.42. The van der Waals surface area contributed by atoms with E-state index in [0.29, 0.717) is 37.6 Å². The summed E-state index contributed by atoms with van der Waals surface area (Å²) in [4.78, 5) is 72.1. The summed E-state index contributed by atoms with van der Waals surface area (Å²) < 4.78 is 10.2. The predicted molar refractivity (Wildman–Crippen MR) is 202 cm³/mol. The highest BCUT2D eigenvalue weighted by molar-refractivity contribution is 5.87. The Morgan fingerprint density at radius 2 is 1.72 bits per heavy atom. The van der Waals surface area contributed by atoms with Gasteiger partial charge in [-0.2, -0.15) is 0 Å². The number of alkyl carbamates (subject to hydrolysis) is 2. The van der Waals surface area contributed by atoms with Crippen LogP contribution in [0.5, 0.6) is 0 Å². The van der Waals surface area contributed by atoms with Crippen molar-refractivity contribution in [2.75, 3.05) is 20.2 Å². The van der Waals surface area contributed by atoms with Gasteiger partial charge in [-0.1, -0.05) is 62.4 Å². The minimum Gasteiger partial charge on any atom is -0.453 e. The van der Waals surface area contributed by atoms with Crippen LogP contribution in [0.25, 0.3) is 5.57 Å². The lowest BCUT2D eigenvalue weighted by Gasteiger charge is -2.33. The molecule has 0 radical (unpaired) electrons. The smallest absolute Gasteiger partial charge is 0.408 e. The van der Waals surface area contributed by atoms with Gasteiger partial charge in [-0.3, -0.25) is 9.59 Å². The zero-order valence-electron chi connectivity index (χ0n) is 32.0. The summed E-state index contributed by atoms with van der Waals surface area (Å²) in [5.41, 5.74) is 2.48. The number of rotatable bonds is 10. The summed E-state index contributed by atoms with van der Waals surface area (Å²) in [7, 11) is 1.28. The number of ether oxygens (including phenoxy) is 2. The Hall–Kier alpha value is -5.40. The second-order valence-electron chi connectivity index (χ2n) is 15.6. The molecule has 1 aliphatic carbocycles. The van der Waals surface area contributed by atoms with Crippen molar-refractivity contribution in [2.24, 2.45) is 5.92 Å². The third kappa shape index (κ3) is 8.37. The van der Waals surface area contributed by atoms with E-state index in [1.807, 2.05) is 44.4 Å². The molecule has 4 N–H and O–H groups in total. The zero-order chi connectivity index (χ0) is 38.6. The Balaban J connectivity index is 1.26. The van der Waals surface area contributed by atoms with Gasteiger partial charge in [-0.15, -0.1) is 0 Å². The van der Waals surface area contributed by atoms with Gasteiger partial charge < -0.3 is 39.9 Å². The number of allylic oxidation sites excluding steroid dienone is 4. The van der Waals surface area contributed by atoms with Gasteiger partial charge in [-0.25, -0.2) is 19.6 Å². The number of H-pyrrole nitrogens is 2. The summed E-state index contributed by atoms with van der Waals surface area (Å²) in [6.07, 6.45) is 12.2. The monoisotopic (exact) mass is 740 g/mol. The number of benzene rings is 1. The molecule has 0 saturated carbocycles. The first-order valence-electron chi connectivity index (χ1n) is 18.8. The van der Waals surface area contributed by atoms with E-state index in [-0.39, 0.29) is 30.3 Å². The lowest BCUT2D eigenvalue weighted by atomic mass is 9.74. The number of hydrogen-bond donors (Lipinski definition) is 4. The molecule has 2 fully saturated rings. The van der Waals surface area contributed by atoms with Crippen LogP contribution in [0, 0.1) is 5.92 Å². The first kappa shape index (κ1) is 38.3. The fourth-order valence-electron chi connectivity index (χ4n) is 7.49. The van der Waals surface area contributed by atoms with Crippen molar-refractivity contribution in [2.45, 2.75) is 102 Å². The second kappa shape index (κ2) is 15.9. The van der Waals surface area contributed by atoms with Crippen LogP contribution < -0.4 is 10.6 Å². The highest BCUT2D eigenvalue weighted by atomic mass is 16.6. The maximum atomic E-state index is 13.8. The minimum absolute atomic E-state index is 0.145. The predicted octanol–water partition coefficient (Wildman–Crippen LogP) is 5.52. The molecule has 14 nitrogen and oxygen atoms in total. The lowest BCUT2D eigenvalue weighted by Crippen LogP contribution is -2.52. The van der Waals surface area contributed by atoms with E-state index in [0.717, 1.165) is 41.8 Å². The molecule has 1 aromatic carbocycles. The standard InChI is InChI=1S/C40H52N8O6/c1-25(2)33(46-37(51)53-6)36(50)48-21-11-15-29(48)34-42-23-31(45-34)40(18-16-27(17-19-40)26-12-8-7-9-13-26)30-22-41-32(44-30)24-47-20-10-14-28(35(47)49)43-38(52)54-39(3,4)5/h7-9,12-13,16-18,22-23,25,28-29,33H,10-11,14-15,19-21,24H2,1-6H3,(H,41,44)(H,42,45)(H,43,52)(H,46,51)/t28-,29?,33?,40?/m1/s1. The van der Waals surface area contributed by atoms with Crippen molar-refractivity contribution in [3.8, 4) is 0 Å². The fourth-order valence-corrected chi connectivity index (χ4v) is 7.49. The van der Waals surface area contributed by atoms with E-state index in [4.69, 9.17) is 19.4 Å². The van der Waals surface area contributed by atoms with Crippen LogP contribution in [0.2, 0.25) is 0 Å². The Morgan fingerprint density at radius 3 is 2.41 bits per heavy atom. The van der Waals surface area contributed by atoms with Crippen molar-refractivity contribution >= 4 is 29.6 Å². The average molecular weight is 741 g/mol. The van der Waals surface area contributed by atoms with E-state index in [1.54, 1.807) is 30.6 Å². The first-order valence-corrected chi connectivity index (χ1v) is 18.8. The number of aromatic nitrogens is 4. The third-order valence-corrected chi connectivity index (χ3v) is 10.3. The van der Waals surface area contributed by atoms with Gasteiger partial charge >= 0.3 is 12.2 Å². The Morgan fingerprint density at radius 1 is 1.00 bits per heavy atom. The van der Waals surface area contributed by atoms with E-state index in [9.17, 15) is 19.2 Å². The molecule has 4 heterocycles. The van der Waals surface area contributed by atoms with Crippen molar-refractivity contribution in [3.63, 3.8) is 0 Å². The van der Waals surface area contributed by atoms with Gasteiger partial charge in [0.15, 0.2) is 0 Å². The molecule has 14 heteroatoms. The van der Waals surface area contributed by atoms with Crippen LogP contribution in [0.4, 0.5) is 9.59 Å². The number of methoxy groups -OCH3 is 1. The van der Waals surface area contributed by atoms with Gasteiger partial charge in [0.2, 0.25) is 11.8 Å². The fraction of sp³-hybridized carbons (Fsp3) is 0.500. The van der Waals surface area contributed by atoms with Crippen LogP contribution in [0.1, 0.15) is 101 Å². The number of imidazole rings is 2. The molecular weight excluding hydrogens is 688 g/mol. The molecule has 54 heavy (non-hydrogen) atoms. The molecule has 2 aliphatic heterocycles. The average Bonchev–Trinajstić information content (AvgIpc) is 3.93. The molecule has 6 rings (SSSR count). The summed E-state index contributed by atoms with van der Waals surface area (Å²) in [5, 5.41) is 5.45. The van der Waals surface area contributed by atoms with Crippen LogP contribution in [0.15, 0.2) is 61.0 Å². The number of likely N-dealkylation sites (tertiary alicyclic amines) is 2. The van der Waals surface area contributed by atoms with Crippen molar-refractivity contribution < 1.29 is 28.7 Å². The molecule has 2 aromatic heterocycles. The van der Waals surface area contributed by atoms with Crippen LogP contribution >= 0.6 is 0 Å². The van der Waals surface area contributed by atoms with Crippen molar-refractivity contribution in [1.82, 2.24) is 40.4 Å². The first-order chi connectivity index (χ1) is 25.8. The molecule has 3 aromatic rings. The normalized spacial score (nSPS) is 22.2. The van der Waals surface area contributed by atoms with Crippen molar-refractivity contribution in [3.05, 3.63) is 89.6 Å². The van der Waals surface area contributed by atoms with Gasteiger partial charge in [0.25, 0.3) is 0 Å². The number of nitrogens with one attached hydrogen (secondary N) is 4. The minimum atomic E-state index is -0.736. The van der Waals surface area contributed by atoms with Crippen LogP contribution in [-0.2, 0) is 31.0 Å². The van der Waals surface area contributed by atoms with E-state index in [2.05, 4.69) is 51.0 Å². The quantitative estimate of drug-likeness (QED) is 0.210. The molecule has 4 atom stereocenters. The summed E-state index contributed by atoms with van der Waals surface area (Å²) in [6, 6.07) is 8.49. The van der Waals surface area contributed by atoms with Crippen LogP contribution in [-0.4, -0.2) is 91.6 Å². The van der Waals surface area contributed by atoms with Gasteiger partial charge in [0, 0.05) is 25.5 Å². The largest absolute Gasteiger partial charge is 0.453 e. The number of hydrogen-bond acceptors (Lipinski definition) is 8. The maximum Gasteiger partial charge on any atom is 0.408 e. The van der Waals surface area contributed by atoms with Gasteiger partial charge in [0.1, 0.15) is 29.3 Å². The molecular formula is C40H52N8O6. The summed E-state index contributed by atoms with van der Waals surface area (Å²) in [6.45, 7) is 10.5. The third-order valence-electron chi connectivity index (χ3n) is 10.3. The lowest BCUT2D eigenvalue weighted by molar-refractivity contribution is -0.137. The number of amides is 4. The molecule has 288 valence electrons. The van der Waals surface area contributed by atoms with Crippen molar-refractivity contribution in [1.29, 1.82) is 0 Å². The number of piperidine rings is 1. The molecule has 3 unspecified atom stereocenters. The number of carbonyl (C=O) groups is 4. The highest BCUT2D eigenvalue weighted by Gasteiger charge is 2.41. The summed E-state index contributed by atoms with van der Waals surface area (Å²) in [5.74, 6) is 0.792. The topological polar surface area (TPSA) is 175 Å². The maximum absolute atomic E-state index is 13.8.